The molecule has 0 saturated carbocycles. The third-order valence-electron chi connectivity index (χ3n) is 2.89. The van der Waals surface area contributed by atoms with Crippen molar-refractivity contribution in [2.45, 2.75) is 17.9 Å². The molecule has 1 unspecified atom stereocenters. The maximum Gasteiger partial charge on any atom is 0.247 e. The fourth-order valence-electron chi connectivity index (χ4n) is 1.89. The predicted octanol–water partition coefficient (Wildman–Crippen LogP) is -0.0988. The molecule has 1 aliphatic heterocycles. The number of sulfonamides is 1. The van der Waals surface area contributed by atoms with Gasteiger partial charge in [0, 0.05) is 13.1 Å². The molecule has 1 aromatic rings. The molecule has 2 N–H and O–H groups in total. The molecule has 7 heteroatoms. The van der Waals surface area contributed by atoms with E-state index in [0.29, 0.717) is 0 Å². The highest BCUT2D eigenvalue weighted by atomic mass is 32.2. The highest BCUT2D eigenvalue weighted by Crippen LogP contribution is 2.26. The number of phenols is 1. The standard InChI is InChI=1S/C11H14N2O4S/c1-8-11(15)12-6-7-13(8)18(16,17)10-5-3-2-4-9(10)14/h2-5,8,14H,6-7H2,1H3,(H,12,15). The van der Waals surface area contributed by atoms with Crippen LogP contribution in [0.5, 0.6) is 5.75 Å². The van der Waals surface area contributed by atoms with Gasteiger partial charge in [-0.05, 0) is 19.1 Å². The van der Waals surface area contributed by atoms with Gasteiger partial charge in [-0.15, -0.1) is 0 Å². The first-order valence-electron chi connectivity index (χ1n) is 5.52. The zero-order valence-corrected chi connectivity index (χ0v) is 10.6. The highest BCUT2D eigenvalue weighted by molar-refractivity contribution is 7.89. The van der Waals surface area contributed by atoms with Gasteiger partial charge in [-0.1, -0.05) is 12.1 Å². The van der Waals surface area contributed by atoms with Crippen LogP contribution < -0.4 is 5.32 Å². The van der Waals surface area contributed by atoms with E-state index < -0.39 is 16.1 Å². The molecule has 0 aliphatic carbocycles. The normalized spacial score (nSPS) is 21.6. The molecule has 6 nitrogen and oxygen atoms in total. The van der Waals surface area contributed by atoms with Crippen LogP contribution in [0, 0.1) is 0 Å². The number of hydrogen-bond donors (Lipinski definition) is 2. The number of piperazine rings is 1. The SMILES string of the molecule is CC1C(=O)NCCN1S(=O)(=O)c1ccccc1O. The lowest BCUT2D eigenvalue weighted by molar-refractivity contribution is -0.126. The molecule has 98 valence electrons. The van der Waals surface area contributed by atoms with Crippen molar-refractivity contribution in [3.63, 3.8) is 0 Å². The van der Waals surface area contributed by atoms with Crippen molar-refractivity contribution in [3.05, 3.63) is 24.3 Å². The van der Waals surface area contributed by atoms with Crippen LogP contribution in [0.25, 0.3) is 0 Å². The monoisotopic (exact) mass is 270 g/mol. The lowest BCUT2D eigenvalue weighted by Crippen LogP contribution is -2.55. The Hall–Kier alpha value is -1.60. The van der Waals surface area contributed by atoms with E-state index in [1.54, 1.807) is 6.07 Å². The summed E-state index contributed by atoms with van der Waals surface area (Å²) in [4.78, 5) is 11.3. The Bertz CT molecular complexity index is 570. The van der Waals surface area contributed by atoms with E-state index in [0.717, 1.165) is 4.31 Å². The molecule has 1 aliphatic rings. The second-order valence-electron chi connectivity index (χ2n) is 4.05. The number of nitrogens with one attached hydrogen (secondary N) is 1. The molecule has 1 atom stereocenters. The Morgan fingerprint density at radius 3 is 2.72 bits per heavy atom. The summed E-state index contributed by atoms with van der Waals surface area (Å²) in [5, 5.41) is 12.2. The lowest BCUT2D eigenvalue weighted by atomic mass is 10.2. The summed E-state index contributed by atoms with van der Waals surface area (Å²) in [6.07, 6.45) is 0. The first-order valence-corrected chi connectivity index (χ1v) is 6.96. The van der Waals surface area contributed by atoms with Crippen LogP contribution in [0.2, 0.25) is 0 Å². The fourth-order valence-corrected chi connectivity index (χ4v) is 3.57. The predicted molar refractivity (Wildman–Crippen MR) is 64.5 cm³/mol. The number of amides is 1. The summed E-state index contributed by atoms with van der Waals surface area (Å²) in [5.41, 5.74) is 0. The minimum absolute atomic E-state index is 0.174. The van der Waals surface area contributed by atoms with Gasteiger partial charge >= 0.3 is 0 Å². The van der Waals surface area contributed by atoms with Gasteiger partial charge in [-0.3, -0.25) is 4.79 Å². The molecule has 0 bridgehead atoms. The molecule has 1 saturated heterocycles. The maximum atomic E-state index is 12.3. The van der Waals surface area contributed by atoms with Crippen LogP contribution in [-0.2, 0) is 14.8 Å². The Kier molecular flexibility index (Phi) is 3.27. The largest absolute Gasteiger partial charge is 0.507 e. The highest BCUT2D eigenvalue weighted by Gasteiger charge is 2.36. The van der Waals surface area contributed by atoms with Gasteiger partial charge in [0.1, 0.15) is 16.7 Å². The molecule has 18 heavy (non-hydrogen) atoms. The molecule has 2 rings (SSSR count). The van der Waals surface area contributed by atoms with Crippen LogP contribution in [0.3, 0.4) is 0 Å². The van der Waals surface area contributed by atoms with E-state index in [1.165, 1.54) is 25.1 Å². The number of benzene rings is 1. The number of carbonyl (C=O) groups excluding carboxylic acids is 1. The van der Waals surface area contributed by atoms with Crippen molar-refractivity contribution >= 4 is 15.9 Å². The zero-order valence-electron chi connectivity index (χ0n) is 9.83. The average Bonchev–Trinajstić information content (AvgIpc) is 2.32. The van der Waals surface area contributed by atoms with Crippen LogP contribution >= 0.6 is 0 Å². The second-order valence-corrected chi connectivity index (χ2v) is 5.91. The molecular weight excluding hydrogens is 256 g/mol. The van der Waals surface area contributed by atoms with E-state index in [-0.39, 0.29) is 29.6 Å². The van der Waals surface area contributed by atoms with Gasteiger partial charge in [0.05, 0.1) is 0 Å². The topological polar surface area (TPSA) is 86.7 Å². The van der Waals surface area contributed by atoms with Crippen molar-refractivity contribution in [1.82, 2.24) is 9.62 Å². The molecule has 1 aromatic carbocycles. The smallest absolute Gasteiger partial charge is 0.247 e. The van der Waals surface area contributed by atoms with Crippen molar-refractivity contribution in [2.24, 2.45) is 0 Å². The summed E-state index contributed by atoms with van der Waals surface area (Å²) in [5.74, 6) is -0.643. The second kappa shape index (κ2) is 4.58. The molecule has 1 fully saturated rings. The van der Waals surface area contributed by atoms with E-state index >= 15 is 0 Å². The number of hydrogen-bond acceptors (Lipinski definition) is 4. The summed E-state index contributed by atoms with van der Waals surface area (Å²) in [6, 6.07) is 4.93. The minimum atomic E-state index is -3.85. The molecule has 1 amide bonds. The number of phenolic OH excluding ortho intramolecular Hbond substituents is 1. The zero-order chi connectivity index (χ0) is 13.3. The number of rotatable bonds is 2. The van der Waals surface area contributed by atoms with Crippen molar-refractivity contribution < 1.29 is 18.3 Å². The average molecular weight is 270 g/mol. The molecule has 0 radical (unpaired) electrons. The maximum absolute atomic E-state index is 12.3. The number of para-hydroxylation sites is 1. The third-order valence-corrected chi connectivity index (χ3v) is 4.91. The van der Waals surface area contributed by atoms with Gasteiger partial charge in [-0.25, -0.2) is 8.42 Å². The Morgan fingerprint density at radius 1 is 1.39 bits per heavy atom. The van der Waals surface area contributed by atoms with Crippen LogP contribution in [0.4, 0.5) is 0 Å². The van der Waals surface area contributed by atoms with Crippen molar-refractivity contribution in [3.8, 4) is 5.75 Å². The van der Waals surface area contributed by atoms with Crippen LogP contribution in [-0.4, -0.2) is 42.9 Å². The fraction of sp³-hybridized carbons (Fsp3) is 0.364. The van der Waals surface area contributed by atoms with Gasteiger partial charge in [0.15, 0.2) is 0 Å². The summed E-state index contributed by atoms with van der Waals surface area (Å²) in [6.45, 7) is 1.99. The van der Waals surface area contributed by atoms with Gasteiger partial charge in [0.2, 0.25) is 15.9 Å². The van der Waals surface area contributed by atoms with Crippen LogP contribution in [0.1, 0.15) is 6.92 Å². The summed E-state index contributed by atoms with van der Waals surface area (Å²) < 4.78 is 25.8. The van der Waals surface area contributed by atoms with E-state index in [9.17, 15) is 18.3 Å². The molecule has 0 aromatic heterocycles. The Morgan fingerprint density at radius 2 is 2.06 bits per heavy atom. The van der Waals surface area contributed by atoms with E-state index in [2.05, 4.69) is 5.32 Å². The Labute approximate surface area is 105 Å². The quantitative estimate of drug-likeness (QED) is 0.785. The van der Waals surface area contributed by atoms with Crippen LogP contribution in [0.15, 0.2) is 29.2 Å². The molecule has 1 heterocycles. The summed E-state index contributed by atoms with van der Waals surface area (Å²) >= 11 is 0. The first-order chi connectivity index (χ1) is 8.44. The minimum Gasteiger partial charge on any atom is -0.507 e. The third kappa shape index (κ3) is 2.06. The van der Waals surface area contributed by atoms with Gasteiger partial charge in [-0.2, -0.15) is 4.31 Å². The van der Waals surface area contributed by atoms with Crippen molar-refractivity contribution in [1.29, 1.82) is 0 Å². The molecule has 0 spiro atoms. The van der Waals surface area contributed by atoms with Crippen molar-refractivity contribution in [2.75, 3.05) is 13.1 Å². The number of aromatic hydroxyl groups is 1. The Balaban J connectivity index is 2.43. The number of carbonyl (C=O) groups is 1. The van der Waals surface area contributed by atoms with E-state index in [4.69, 9.17) is 0 Å². The van der Waals surface area contributed by atoms with E-state index in [1.807, 2.05) is 0 Å². The lowest BCUT2D eigenvalue weighted by Gasteiger charge is -2.31. The van der Waals surface area contributed by atoms with Gasteiger partial charge in [0.25, 0.3) is 0 Å². The summed E-state index contributed by atoms with van der Waals surface area (Å²) in [7, 11) is -3.85. The number of nitrogens with zero attached hydrogens (tertiary/aromatic N) is 1. The first kappa shape index (κ1) is 12.8. The van der Waals surface area contributed by atoms with Gasteiger partial charge < -0.3 is 10.4 Å². The molecular formula is C11H14N2O4S.